The molecule has 0 bridgehead atoms. The van der Waals surface area contributed by atoms with Crippen LogP contribution in [0.4, 0.5) is 0 Å². The molecule has 1 atom stereocenters. The molecule has 1 N–H and O–H groups in total. The largest absolute Gasteiger partial charge is 0.494 e. The molecule has 2 heterocycles. The molecule has 1 aliphatic heterocycles. The molecule has 0 aliphatic carbocycles. The summed E-state index contributed by atoms with van der Waals surface area (Å²) in [7, 11) is 2.00. The van der Waals surface area contributed by atoms with Crippen LogP contribution in [0.1, 0.15) is 30.7 Å². The molecule has 0 fully saturated rings. The van der Waals surface area contributed by atoms with Crippen LogP contribution in [0, 0.1) is 0 Å². The van der Waals surface area contributed by atoms with E-state index in [2.05, 4.69) is 29.4 Å². The molecule has 2 aromatic rings. The van der Waals surface area contributed by atoms with Gasteiger partial charge in [0.1, 0.15) is 17.6 Å². The third-order valence-electron chi connectivity index (χ3n) is 3.92. The minimum absolute atomic E-state index is 0.252. The summed E-state index contributed by atoms with van der Waals surface area (Å²) in [6, 6.07) is 4.24. The highest BCUT2D eigenvalue weighted by molar-refractivity contribution is 5.48. The SMILES string of the molecule is CCOc1cc2c(cc1CNCc1cncn1C)O[C@@H](C)C2. The summed E-state index contributed by atoms with van der Waals surface area (Å²) in [5.74, 6) is 1.95. The Labute approximate surface area is 131 Å². The van der Waals surface area contributed by atoms with Crippen LogP contribution in [0.2, 0.25) is 0 Å². The van der Waals surface area contributed by atoms with Crippen molar-refractivity contribution in [2.75, 3.05) is 6.61 Å². The number of ether oxygens (including phenoxy) is 2. The van der Waals surface area contributed by atoms with E-state index in [0.29, 0.717) is 6.61 Å². The average Bonchev–Trinajstić information content (AvgIpc) is 3.04. The number of benzene rings is 1. The Morgan fingerprint density at radius 2 is 2.27 bits per heavy atom. The number of rotatable bonds is 6. The van der Waals surface area contributed by atoms with E-state index in [1.54, 1.807) is 0 Å². The Balaban J connectivity index is 1.72. The predicted molar refractivity (Wildman–Crippen MR) is 85.2 cm³/mol. The molecule has 1 aromatic carbocycles. The van der Waals surface area contributed by atoms with E-state index < -0.39 is 0 Å². The number of hydrogen-bond acceptors (Lipinski definition) is 4. The fraction of sp³-hybridized carbons (Fsp3) is 0.471. The van der Waals surface area contributed by atoms with Gasteiger partial charge in [0.05, 0.1) is 18.6 Å². The zero-order valence-corrected chi connectivity index (χ0v) is 13.4. The maximum Gasteiger partial charge on any atom is 0.124 e. The smallest absolute Gasteiger partial charge is 0.124 e. The minimum Gasteiger partial charge on any atom is -0.494 e. The van der Waals surface area contributed by atoms with E-state index >= 15 is 0 Å². The quantitative estimate of drug-likeness (QED) is 0.890. The van der Waals surface area contributed by atoms with Gasteiger partial charge in [-0.15, -0.1) is 0 Å². The van der Waals surface area contributed by atoms with Crippen LogP contribution in [0.5, 0.6) is 11.5 Å². The van der Waals surface area contributed by atoms with Crippen LogP contribution in [0.3, 0.4) is 0 Å². The molecular weight excluding hydrogens is 278 g/mol. The van der Waals surface area contributed by atoms with Crippen molar-refractivity contribution in [1.29, 1.82) is 0 Å². The lowest BCUT2D eigenvalue weighted by Crippen LogP contribution is -2.15. The van der Waals surface area contributed by atoms with Gasteiger partial charge >= 0.3 is 0 Å². The number of aryl methyl sites for hydroxylation is 1. The van der Waals surface area contributed by atoms with E-state index in [4.69, 9.17) is 9.47 Å². The van der Waals surface area contributed by atoms with Gasteiger partial charge in [-0.05, 0) is 26.0 Å². The summed E-state index contributed by atoms with van der Waals surface area (Å²) in [6.07, 6.45) is 4.90. The van der Waals surface area contributed by atoms with Crippen LogP contribution < -0.4 is 14.8 Å². The predicted octanol–water partition coefficient (Wildman–Crippen LogP) is 2.43. The summed E-state index contributed by atoms with van der Waals surface area (Å²) < 4.78 is 13.7. The van der Waals surface area contributed by atoms with Gasteiger partial charge < -0.3 is 19.4 Å². The highest BCUT2D eigenvalue weighted by Crippen LogP contribution is 2.35. The van der Waals surface area contributed by atoms with Crippen LogP contribution in [-0.2, 0) is 26.6 Å². The van der Waals surface area contributed by atoms with Gasteiger partial charge in [-0.25, -0.2) is 4.98 Å². The summed E-state index contributed by atoms with van der Waals surface area (Å²) >= 11 is 0. The van der Waals surface area contributed by atoms with E-state index in [1.807, 2.05) is 31.1 Å². The number of imidazole rings is 1. The van der Waals surface area contributed by atoms with E-state index in [0.717, 1.165) is 42.3 Å². The summed E-state index contributed by atoms with van der Waals surface area (Å²) in [5, 5.41) is 3.45. The lowest BCUT2D eigenvalue weighted by atomic mass is 10.1. The number of fused-ring (bicyclic) bond motifs is 1. The lowest BCUT2D eigenvalue weighted by Gasteiger charge is -2.13. The Morgan fingerprint density at radius 3 is 3.00 bits per heavy atom. The molecule has 22 heavy (non-hydrogen) atoms. The highest BCUT2D eigenvalue weighted by atomic mass is 16.5. The second kappa shape index (κ2) is 6.40. The van der Waals surface area contributed by atoms with Crippen molar-refractivity contribution in [1.82, 2.24) is 14.9 Å². The fourth-order valence-electron chi connectivity index (χ4n) is 2.79. The van der Waals surface area contributed by atoms with Gasteiger partial charge in [0.2, 0.25) is 0 Å². The lowest BCUT2D eigenvalue weighted by molar-refractivity contribution is 0.254. The molecule has 0 amide bonds. The fourth-order valence-corrected chi connectivity index (χ4v) is 2.79. The zero-order chi connectivity index (χ0) is 15.5. The van der Waals surface area contributed by atoms with Gasteiger partial charge in [-0.2, -0.15) is 0 Å². The van der Waals surface area contributed by atoms with Gasteiger partial charge in [-0.3, -0.25) is 0 Å². The number of aromatic nitrogens is 2. The van der Waals surface area contributed by atoms with Crippen molar-refractivity contribution in [3.63, 3.8) is 0 Å². The van der Waals surface area contributed by atoms with Gasteiger partial charge in [-0.1, -0.05) is 0 Å². The minimum atomic E-state index is 0.252. The van der Waals surface area contributed by atoms with Crippen molar-refractivity contribution >= 4 is 0 Å². The number of nitrogens with one attached hydrogen (secondary N) is 1. The Hall–Kier alpha value is -2.01. The van der Waals surface area contributed by atoms with E-state index in [-0.39, 0.29) is 6.10 Å². The van der Waals surface area contributed by atoms with Crippen LogP contribution in [0.25, 0.3) is 0 Å². The van der Waals surface area contributed by atoms with E-state index in [9.17, 15) is 0 Å². The third-order valence-corrected chi connectivity index (χ3v) is 3.92. The third kappa shape index (κ3) is 3.09. The first-order chi connectivity index (χ1) is 10.7. The standard InChI is InChI=1S/C17H23N3O2/c1-4-21-16-6-13-5-12(2)22-17(13)7-14(16)8-18-9-15-10-19-11-20(15)3/h6-7,10-12,18H,4-5,8-9H2,1-3H3/t12-/m0/s1. The van der Waals surface area contributed by atoms with Gasteiger partial charge in [0.15, 0.2) is 0 Å². The summed E-state index contributed by atoms with van der Waals surface area (Å²) in [4.78, 5) is 4.13. The second-order valence-corrected chi connectivity index (χ2v) is 5.73. The number of nitrogens with zero attached hydrogens (tertiary/aromatic N) is 2. The molecule has 1 aliphatic rings. The van der Waals surface area contributed by atoms with Crippen LogP contribution in [0.15, 0.2) is 24.7 Å². The topological polar surface area (TPSA) is 48.3 Å². The van der Waals surface area contributed by atoms with Crippen molar-refractivity contribution in [3.05, 3.63) is 41.5 Å². The molecule has 0 radical (unpaired) electrons. The molecule has 5 heteroatoms. The van der Waals surface area contributed by atoms with Crippen molar-refractivity contribution < 1.29 is 9.47 Å². The molecule has 0 saturated carbocycles. The monoisotopic (exact) mass is 301 g/mol. The highest BCUT2D eigenvalue weighted by Gasteiger charge is 2.21. The Kier molecular flexibility index (Phi) is 4.34. The first-order valence-corrected chi connectivity index (χ1v) is 7.78. The maximum absolute atomic E-state index is 5.85. The second-order valence-electron chi connectivity index (χ2n) is 5.73. The Bertz CT molecular complexity index is 651. The molecule has 0 unspecified atom stereocenters. The molecule has 1 aromatic heterocycles. The van der Waals surface area contributed by atoms with Crippen molar-refractivity contribution in [2.45, 2.75) is 39.5 Å². The van der Waals surface area contributed by atoms with Gasteiger partial charge in [0.25, 0.3) is 0 Å². The van der Waals surface area contributed by atoms with Crippen LogP contribution in [-0.4, -0.2) is 22.3 Å². The first-order valence-electron chi connectivity index (χ1n) is 7.78. The molecular formula is C17H23N3O2. The summed E-state index contributed by atoms with van der Waals surface area (Å²) in [5.41, 5.74) is 3.53. The van der Waals surface area contributed by atoms with E-state index in [1.165, 1.54) is 5.56 Å². The average molecular weight is 301 g/mol. The van der Waals surface area contributed by atoms with Crippen molar-refractivity contribution in [3.8, 4) is 11.5 Å². The zero-order valence-electron chi connectivity index (χ0n) is 13.4. The number of hydrogen-bond donors (Lipinski definition) is 1. The normalized spacial score (nSPS) is 16.4. The molecule has 0 spiro atoms. The van der Waals surface area contributed by atoms with Crippen molar-refractivity contribution in [2.24, 2.45) is 7.05 Å². The summed E-state index contributed by atoms with van der Waals surface area (Å²) in [6.45, 7) is 6.30. The molecule has 0 saturated heterocycles. The van der Waals surface area contributed by atoms with Crippen LogP contribution >= 0.6 is 0 Å². The molecule has 5 nitrogen and oxygen atoms in total. The van der Waals surface area contributed by atoms with Gasteiger partial charge in [0, 0.05) is 43.9 Å². The molecule has 118 valence electrons. The molecule has 3 rings (SSSR count). The first kappa shape index (κ1) is 14.9. The Morgan fingerprint density at radius 1 is 1.41 bits per heavy atom. The maximum atomic E-state index is 5.85.